The largest absolute Gasteiger partial charge is 0.390 e. The lowest BCUT2D eigenvalue weighted by Gasteiger charge is -2.40. The van der Waals surface area contributed by atoms with Gasteiger partial charge in [-0.2, -0.15) is 5.10 Å². The van der Waals surface area contributed by atoms with Crippen molar-refractivity contribution in [3.63, 3.8) is 0 Å². The molecular weight excluding hydrogens is 324 g/mol. The van der Waals surface area contributed by atoms with Crippen LogP contribution in [-0.4, -0.2) is 56.3 Å². The fourth-order valence-electron chi connectivity index (χ4n) is 3.73. The fraction of sp³-hybridized carbons (Fsp3) is 0.529. The van der Waals surface area contributed by atoms with E-state index in [0.717, 1.165) is 56.1 Å². The van der Waals surface area contributed by atoms with Crippen LogP contribution < -0.4 is 0 Å². The molecule has 0 spiro atoms. The van der Waals surface area contributed by atoms with Crippen molar-refractivity contribution in [1.82, 2.24) is 19.6 Å². The molecule has 1 fully saturated rings. The molecule has 0 saturated carbocycles. The normalized spacial score (nSPS) is 19.5. The minimum Gasteiger partial charge on any atom is -0.390 e. The summed E-state index contributed by atoms with van der Waals surface area (Å²) in [6, 6.07) is 6.37. The van der Waals surface area contributed by atoms with E-state index in [2.05, 4.69) is 10.00 Å². The predicted molar refractivity (Wildman–Crippen MR) is 91.8 cm³/mol. The summed E-state index contributed by atoms with van der Waals surface area (Å²) in [7, 11) is 0. The first-order valence-corrected chi connectivity index (χ1v) is 9.36. The Balaban J connectivity index is 1.35. The zero-order valence-electron chi connectivity index (χ0n) is 13.6. The molecule has 2 aromatic heterocycles. The molecule has 128 valence electrons. The van der Waals surface area contributed by atoms with Crippen molar-refractivity contribution in [2.75, 3.05) is 19.6 Å². The van der Waals surface area contributed by atoms with Crippen LogP contribution >= 0.6 is 11.3 Å². The zero-order chi connectivity index (χ0) is 16.5. The standard InChI is InChI=1S/C17H22N4O2S/c22-12-13-10-15-11-20(7-8-21(15)18-13)14-3-5-19(6-4-14)17(23)16-2-1-9-24-16/h1-2,9-10,14,22H,3-8,11-12H2. The fourth-order valence-corrected chi connectivity index (χ4v) is 4.42. The number of aliphatic hydroxyl groups is 1. The van der Waals surface area contributed by atoms with Crippen LogP contribution in [0.2, 0.25) is 0 Å². The molecule has 7 heteroatoms. The lowest BCUT2D eigenvalue weighted by atomic mass is 10.0. The van der Waals surface area contributed by atoms with Crippen molar-refractivity contribution in [2.45, 2.75) is 38.6 Å². The second kappa shape index (κ2) is 6.66. The number of carbonyl (C=O) groups excluding carboxylic acids is 1. The van der Waals surface area contributed by atoms with Gasteiger partial charge in [-0.25, -0.2) is 0 Å². The smallest absolute Gasteiger partial charge is 0.263 e. The Bertz CT molecular complexity index is 704. The van der Waals surface area contributed by atoms with E-state index in [0.29, 0.717) is 6.04 Å². The van der Waals surface area contributed by atoms with E-state index in [-0.39, 0.29) is 12.5 Å². The summed E-state index contributed by atoms with van der Waals surface area (Å²) >= 11 is 1.52. The number of aliphatic hydroxyl groups excluding tert-OH is 1. The van der Waals surface area contributed by atoms with Crippen LogP contribution in [0.25, 0.3) is 0 Å². The predicted octanol–water partition coefficient (Wildman–Crippen LogP) is 1.56. The van der Waals surface area contributed by atoms with Gasteiger partial charge in [0.2, 0.25) is 0 Å². The van der Waals surface area contributed by atoms with Gasteiger partial charge in [-0.05, 0) is 30.4 Å². The number of rotatable bonds is 3. The van der Waals surface area contributed by atoms with E-state index in [4.69, 9.17) is 0 Å². The topological polar surface area (TPSA) is 61.6 Å². The first-order valence-electron chi connectivity index (χ1n) is 8.48. The number of nitrogens with zero attached hydrogens (tertiary/aromatic N) is 4. The highest BCUT2D eigenvalue weighted by Crippen LogP contribution is 2.24. The van der Waals surface area contributed by atoms with E-state index in [1.54, 1.807) is 0 Å². The molecule has 1 amide bonds. The van der Waals surface area contributed by atoms with Crippen LogP contribution in [0.15, 0.2) is 23.6 Å². The maximum Gasteiger partial charge on any atom is 0.263 e. The number of likely N-dealkylation sites (tertiary alicyclic amines) is 1. The SMILES string of the molecule is O=C(c1cccs1)N1CCC(N2CCn3nc(CO)cc3C2)CC1. The minimum atomic E-state index is 0.00319. The third-order valence-electron chi connectivity index (χ3n) is 5.04. The van der Waals surface area contributed by atoms with E-state index >= 15 is 0 Å². The van der Waals surface area contributed by atoms with Gasteiger partial charge in [-0.15, -0.1) is 11.3 Å². The van der Waals surface area contributed by atoms with Crippen molar-refractivity contribution in [2.24, 2.45) is 0 Å². The molecule has 0 atom stereocenters. The third-order valence-corrected chi connectivity index (χ3v) is 5.90. The lowest BCUT2D eigenvalue weighted by Crippen LogP contribution is -2.48. The monoisotopic (exact) mass is 346 g/mol. The minimum absolute atomic E-state index is 0.00319. The average molecular weight is 346 g/mol. The van der Waals surface area contributed by atoms with Gasteiger partial charge in [0.25, 0.3) is 5.91 Å². The average Bonchev–Trinajstić information content (AvgIpc) is 3.29. The van der Waals surface area contributed by atoms with Gasteiger partial charge in [0, 0.05) is 32.2 Å². The first-order chi connectivity index (χ1) is 11.7. The highest BCUT2D eigenvalue weighted by molar-refractivity contribution is 7.12. The van der Waals surface area contributed by atoms with Crippen LogP contribution in [0.1, 0.15) is 33.9 Å². The Morgan fingerprint density at radius 2 is 2.12 bits per heavy atom. The Morgan fingerprint density at radius 3 is 2.83 bits per heavy atom. The Morgan fingerprint density at radius 1 is 1.29 bits per heavy atom. The van der Waals surface area contributed by atoms with E-state index in [1.807, 2.05) is 33.2 Å². The van der Waals surface area contributed by atoms with Gasteiger partial charge in [0.15, 0.2) is 0 Å². The summed E-state index contributed by atoms with van der Waals surface area (Å²) in [5, 5.41) is 15.6. The number of piperidine rings is 1. The van der Waals surface area contributed by atoms with Crippen molar-refractivity contribution in [3.8, 4) is 0 Å². The van der Waals surface area contributed by atoms with Crippen LogP contribution in [0.3, 0.4) is 0 Å². The molecule has 2 aromatic rings. The molecule has 4 heterocycles. The van der Waals surface area contributed by atoms with E-state index in [9.17, 15) is 9.90 Å². The number of carbonyl (C=O) groups is 1. The van der Waals surface area contributed by atoms with E-state index < -0.39 is 0 Å². The maximum atomic E-state index is 12.4. The lowest BCUT2D eigenvalue weighted by molar-refractivity contribution is 0.0573. The molecule has 1 saturated heterocycles. The quantitative estimate of drug-likeness (QED) is 0.916. The molecule has 6 nitrogen and oxygen atoms in total. The maximum absolute atomic E-state index is 12.4. The highest BCUT2D eigenvalue weighted by atomic mass is 32.1. The summed E-state index contributed by atoms with van der Waals surface area (Å²) in [5.74, 6) is 0.174. The van der Waals surface area contributed by atoms with Crippen molar-refractivity contribution < 1.29 is 9.90 Å². The summed E-state index contributed by atoms with van der Waals surface area (Å²) in [4.78, 5) is 17.8. The molecule has 1 N–H and O–H groups in total. The Hall–Kier alpha value is -1.70. The second-order valence-corrected chi connectivity index (χ2v) is 7.43. The molecule has 0 bridgehead atoms. The Kier molecular flexibility index (Phi) is 4.39. The summed E-state index contributed by atoms with van der Waals surface area (Å²) < 4.78 is 2.01. The summed E-state index contributed by atoms with van der Waals surface area (Å²) in [5.41, 5.74) is 1.94. The van der Waals surface area contributed by atoms with Crippen LogP contribution in [0.5, 0.6) is 0 Å². The molecule has 2 aliphatic heterocycles. The van der Waals surface area contributed by atoms with Gasteiger partial charge in [0.1, 0.15) is 0 Å². The molecule has 2 aliphatic rings. The molecule has 24 heavy (non-hydrogen) atoms. The highest BCUT2D eigenvalue weighted by Gasteiger charge is 2.30. The van der Waals surface area contributed by atoms with Crippen molar-refractivity contribution in [3.05, 3.63) is 39.8 Å². The van der Waals surface area contributed by atoms with Gasteiger partial charge in [0.05, 0.1) is 29.4 Å². The van der Waals surface area contributed by atoms with Gasteiger partial charge in [-0.3, -0.25) is 14.4 Å². The van der Waals surface area contributed by atoms with Crippen molar-refractivity contribution >= 4 is 17.2 Å². The van der Waals surface area contributed by atoms with Gasteiger partial charge in [-0.1, -0.05) is 6.07 Å². The third kappa shape index (κ3) is 2.99. The number of amides is 1. The molecule has 0 unspecified atom stereocenters. The van der Waals surface area contributed by atoms with Gasteiger partial charge >= 0.3 is 0 Å². The summed E-state index contributed by atoms with van der Waals surface area (Å²) in [6.07, 6.45) is 2.05. The number of fused-ring (bicyclic) bond motifs is 1. The second-order valence-electron chi connectivity index (χ2n) is 6.48. The number of thiophene rings is 1. The van der Waals surface area contributed by atoms with Crippen LogP contribution in [0, 0.1) is 0 Å². The number of hydrogen-bond acceptors (Lipinski definition) is 5. The zero-order valence-corrected chi connectivity index (χ0v) is 14.4. The first kappa shape index (κ1) is 15.8. The number of aromatic nitrogens is 2. The molecule has 4 rings (SSSR count). The molecule has 0 radical (unpaired) electrons. The van der Waals surface area contributed by atoms with Crippen LogP contribution in [0.4, 0.5) is 0 Å². The van der Waals surface area contributed by atoms with E-state index in [1.165, 1.54) is 17.0 Å². The van der Waals surface area contributed by atoms with Gasteiger partial charge < -0.3 is 10.0 Å². The van der Waals surface area contributed by atoms with Crippen LogP contribution in [-0.2, 0) is 19.7 Å². The number of hydrogen-bond donors (Lipinski definition) is 1. The Labute approximate surface area is 145 Å². The molecule has 0 aliphatic carbocycles. The van der Waals surface area contributed by atoms with Crippen molar-refractivity contribution in [1.29, 1.82) is 0 Å². The molecule has 0 aromatic carbocycles. The molecular formula is C17H22N4O2S. The summed E-state index contributed by atoms with van der Waals surface area (Å²) in [6.45, 7) is 4.42.